The SMILES string of the molecule is COc1ccc(C2(CNC(=O)[C@H]3CCCCN3C3CCCC3)CCOCC2)cc1. The zero-order valence-electron chi connectivity index (χ0n) is 17.8. The molecule has 4 rings (SSSR count). The molecule has 0 bridgehead atoms. The van der Waals surface area contributed by atoms with Crippen LogP contribution in [0.1, 0.15) is 63.4 Å². The molecule has 160 valence electrons. The standard InChI is InChI=1S/C24H36N2O3/c1-28-21-11-9-19(10-12-21)24(13-16-29-17-14-24)18-25-23(27)22-8-4-5-15-26(22)20-6-2-3-7-20/h9-12,20,22H,2-8,13-18H2,1H3,(H,25,27)/t22-/m1/s1. The molecule has 3 fully saturated rings. The van der Waals surface area contributed by atoms with Crippen LogP contribution in [0.25, 0.3) is 0 Å². The van der Waals surface area contributed by atoms with Crippen molar-refractivity contribution >= 4 is 5.91 Å². The largest absolute Gasteiger partial charge is 0.497 e. The van der Waals surface area contributed by atoms with E-state index in [2.05, 4.69) is 22.3 Å². The molecule has 0 unspecified atom stereocenters. The van der Waals surface area contributed by atoms with E-state index in [9.17, 15) is 4.79 Å². The highest BCUT2D eigenvalue weighted by Gasteiger charge is 2.38. The first-order chi connectivity index (χ1) is 14.2. The minimum absolute atomic E-state index is 0.0486. The summed E-state index contributed by atoms with van der Waals surface area (Å²) in [5.74, 6) is 1.10. The molecule has 3 aliphatic rings. The van der Waals surface area contributed by atoms with Gasteiger partial charge in [0, 0.05) is 31.2 Å². The fraction of sp³-hybridized carbons (Fsp3) is 0.708. The minimum Gasteiger partial charge on any atom is -0.497 e. The fourth-order valence-electron chi connectivity index (χ4n) is 5.56. The Kier molecular flexibility index (Phi) is 6.76. The van der Waals surface area contributed by atoms with Crippen LogP contribution in [0.2, 0.25) is 0 Å². The number of ether oxygens (including phenoxy) is 2. The van der Waals surface area contributed by atoms with Gasteiger partial charge >= 0.3 is 0 Å². The van der Waals surface area contributed by atoms with Gasteiger partial charge in [-0.15, -0.1) is 0 Å². The number of hydrogen-bond acceptors (Lipinski definition) is 4. The van der Waals surface area contributed by atoms with Crippen LogP contribution >= 0.6 is 0 Å². The highest BCUT2D eigenvalue weighted by molar-refractivity contribution is 5.82. The van der Waals surface area contributed by atoms with Crippen LogP contribution in [0.4, 0.5) is 0 Å². The number of nitrogens with one attached hydrogen (secondary N) is 1. The molecule has 5 heteroatoms. The van der Waals surface area contributed by atoms with Crippen molar-refractivity contribution in [1.82, 2.24) is 10.2 Å². The van der Waals surface area contributed by atoms with Gasteiger partial charge in [0.2, 0.25) is 5.91 Å². The average molecular weight is 401 g/mol. The molecule has 1 aromatic carbocycles. The molecule has 2 saturated heterocycles. The lowest BCUT2D eigenvalue weighted by Crippen LogP contribution is -2.55. The summed E-state index contributed by atoms with van der Waals surface area (Å²) in [6.07, 6.45) is 10.4. The molecule has 2 heterocycles. The van der Waals surface area contributed by atoms with E-state index >= 15 is 0 Å². The predicted octanol–water partition coefficient (Wildman–Crippen LogP) is 3.66. The normalized spacial score (nSPS) is 25.6. The van der Waals surface area contributed by atoms with Gasteiger partial charge in [0.05, 0.1) is 13.2 Å². The quantitative estimate of drug-likeness (QED) is 0.792. The van der Waals surface area contributed by atoms with Crippen LogP contribution < -0.4 is 10.1 Å². The molecule has 5 nitrogen and oxygen atoms in total. The number of nitrogens with zero attached hydrogens (tertiary/aromatic N) is 1. The van der Waals surface area contributed by atoms with Gasteiger partial charge in [0.25, 0.3) is 0 Å². The first-order valence-corrected chi connectivity index (χ1v) is 11.5. The van der Waals surface area contributed by atoms with Gasteiger partial charge in [-0.05, 0) is 62.8 Å². The van der Waals surface area contributed by atoms with Crippen LogP contribution in [0, 0.1) is 0 Å². The molecule has 0 aromatic heterocycles. The Hall–Kier alpha value is -1.59. The average Bonchev–Trinajstić information content (AvgIpc) is 3.33. The Bertz CT molecular complexity index is 663. The molecule has 1 saturated carbocycles. The van der Waals surface area contributed by atoms with E-state index in [0.717, 1.165) is 44.8 Å². The number of carbonyl (C=O) groups is 1. The molecule has 1 atom stereocenters. The van der Waals surface area contributed by atoms with E-state index in [0.29, 0.717) is 12.6 Å². The third kappa shape index (κ3) is 4.61. The maximum absolute atomic E-state index is 13.3. The van der Waals surface area contributed by atoms with Gasteiger partial charge in [-0.2, -0.15) is 0 Å². The summed E-state index contributed by atoms with van der Waals surface area (Å²) < 4.78 is 11.0. The molecule has 1 N–H and O–H groups in total. The van der Waals surface area contributed by atoms with Gasteiger partial charge in [-0.3, -0.25) is 9.69 Å². The van der Waals surface area contributed by atoms with Gasteiger partial charge in [0.15, 0.2) is 0 Å². The summed E-state index contributed by atoms with van der Waals surface area (Å²) in [4.78, 5) is 15.8. The summed E-state index contributed by atoms with van der Waals surface area (Å²) in [6, 6.07) is 9.03. The van der Waals surface area contributed by atoms with Gasteiger partial charge in [0.1, 0.15) is 5.75 Å². The Labute approximate surface area is 175 Å². The van der Waals surface area contributed by atoms with E-state index in [1.165, 1.54) is 44.1 Å². The van der Waals surface area contributed by atoms with Crippen LogP contribution in [0.15, 0.2) is 24.3 Å². The maximum Gasteiger partial charge on any atom is 0.237 e. The highest BCUT2D eigenvalue weighted by Crippen LogP contribution is 2.35. The molecule has 1 amide bonds. The zero-order valence-corrected chi connectivity index (χ0v) is 17.8. The second kappa shape index (κ2) is 9.48. The summed E-state index contributed by atoms with van der Waals surface area (Å²) in [6.45, 7) is 3.27. The second-order valence-electron chi connectivity index (χ2n) is 9.03. The third-order valence-corrected chi connectivity index (χ3v) is 7.39. The smallest absolute Gasteiger partial charge is 0.237 e. The van der Waals surface area contributed by atoms with Crippen LogP contribution in [0.3, 0.4) is 0 Å². The highest BCUT2D eigenvalue weighted by atomic mass is 16.5. The molecular formula is C24H36N2O3. The maximum atomic E-state index is 13.3. The van der Waals surface area contributed by atoms with Gasteiger partial charge in [-0.1, -0.05) is 31.4 Å². The van der Waals surface area contributed by atoms with Crippen molar-refractivity contribution in [3.8, 4) is 5.75 Å². The summed E-state index contributed by atoms with van der Waals surface area (Å²) in [7, 11) is 1.69. The lowest BCUT2D eigenvalue weighted by atomic mass is 9.74. The number of carbonyl (C=O) groups excluding carboxylic acids is 1. The summed E-state index contributed by atoms with van der Waals surface area (Å²) >= 11 is 0. The number of likely N-dealkylation sites (tertiary alicyclic amines) is 1. The van der Waals surface area contributed by atoms with Crippen molar-refractivity contribution in [2.45, 2.75) is 75.3 Å². The van der Waals surface area contributed by atoms with E-state index in [4.69, 9.17) is 9.47 Å². The Balaban J connectivity index is 1.45. The molecule has 0 spiro atoms. The van der Waals surface area contributed by atoms with Gasteiger partial charge in [-0.25, -0.2) is 0 Å². The zero-order chi connectivity index (χ0) is 20.1. The predicted molar refractivity (Wildman–Crippen MR) is 114 cm³/mol. The molecule has 2 aliphatic heterocycles. The monoisotopic (exact) mass is 400 g/mol. The minimum atomic E-state index is -0.0486. The Morgan fingerprint density at radius 3 is 2.48 bits per heavy atom. The van der Waals surface area contributed by atoms with E-state index in [1.807, 2.05) is 12.1 Å². The molecular weight excluding hydrogens is 364 g/mol. The second-order valence-corrected chi connectivity index (χ2v) is 9.03. The number of piperidine rings is 1. The first kappa shape index (κ1) is 20.7. The molecule has 29 heavy (non-hydrogen) atoms. The topological polar surface area (TPSA) is 50.8 Å². The van der Waals surface area contributed by atoms with Crippen molar-refractivity contribution in [2.75, 3.05) is 33.4 Å². The number of amides is 1. The van der Waals surface area contributed by atoms with Crippen LogP contribution in [-0.4, -0.2) is 56.3 Å². The van der Waals surface area contributed by atoms with Crippen molar-refractivity contribution in [1.29, 1.82) is 0 Å². The van der Waals surface area contributed by atoms with Crippen molar-refractivity contribution in [3.63, 3.8) is 0 Å². The lowest BCUT2D eigenvalue weighted by Gasteiger charge is -2.41. The lowest BCUT2D eigenvalue weighted by molar-refractivity contribution is -0.129. The Morgan fingerprint density at radius 2 is 1.79 bits per heavy atom. The fourth-order valence-corrected chi connectivity index (χ4v) is 5.56. The molecule has 0 radical (unpaired) electrons. The van der Waals surface area contributed by atoms with E-state index < -0.39 is 0 Å². The molecule has 1 aromatic rings. The van der Waals surface area contributed by atoms with E-state index in [1.54, 1.807) is 7.11 Å². The molecule has 1 aliphatic carbocycles. The number of methoxy groups -OCH3 is 1. The number of hydrogen-bond donors (Lipinski definition) is 1. The third-order valence-electron chi connectivity index (χ3n) is 7.39. The first-order valence-electron chi connectivity index (χ1n) is 11.5. The van der Waals surface area contributed by atoms with E-state index in [-0.39, 0.29) is 17.4 Å². The van der Waals surface area contributed by atoms with Crippen molar-refractivity contribution < 1.29 is 14.3 Å². The number of benzene rings is 1. The summed E-state index contributed by atoms with van der Waals surface area (Å²) in [5.41, 5.74) is 1.23. The van der Waals surface area contributed by atoms with Gasteiger partial charge < -0.3 is 14.8 Å². The number of rotatable bonds is 6. The van der Waals surface area contributed by atoms with Crippen molar-refractivity contribution in [3.05, 3.63) is 29.8 Å². The van der Waals surface area contributed by atoms with Crippen LogP contribution in [0.5, 0.6) is 5.75 Å². The van der Waals surface area contributed by atoms with Crippen molar-refractivity contribution in [2.24, 2.45) is 0 Å². The summed E-state index contributed by atoms with van der Waals surface area (Å²) in [5, 5.41) is 3.38. The van der Waals surface area contributed by atoms with Crippen LogP contribution in [-0.2, 0) is 14.9 Å². The Morgan fingerprint density at radius 1 is 1.10 bits per heavy atom.